The first kappa shape index (κ1) is 16.0. The van der Waals surface area contributed by atoms with Gasteiger partial charge in [0.15, 0.2) is 11.5 Å². The summed E-state index contributed by atoms with van der Waals surface area (Å²) < 4.78 is 38.1. The van der Waals surface area contributed by atoms with Gasteiger partial charge in [-0.3, -0.25) is 4.79 Å². The smallest absolute Gasteiger partial charge is 0.265 e. The zero-order valence-electron chi connectivity index (χ0n) is 13.0. The van der Waals surface area contributed by atoms with Gasteiger partial charge in [-0.1, -0.05) is 11.6 Å². The molecule has 8 heteroatoms. The van der Waals surface area contributed by atoms with Crippen molar-refractivity contribution in [2.45, 2.75) is 30.6 Å². The zero-order chi connectivity index (χ0) is 16.9. The zero-order valence-corrected chi connectivity index (χ0v) is 14.5. The summed E-state index contributed by atoms with van der Waals surface area (Å²) in [7, 11) is -4.04. The molecule has 130 valence electrons. The van der Waals surface area contributed by atoms with E-state index >= 15 is 0 Å². The normalized spacial score (nSPS) is 28.0. The van der Waals surface area contributed by atoms with E-state index in [-0.39, 0.29) is 15.8 Å². The lowest BCUT2D eigenvalue weighted by atomic mass is 9.89. The van der Waals surface area contributed by atoms with Crippen LogP contribution in [0.4, 0.5) is 0 Å². The second kappa shape index (κ2) is 5.81. The number of fused-ring (bicyclic) bond motifs is 2. The van der Waals surface area contributed by atoms with Crippen molar-refractivity contribution in [1.82, 2.24) is 4.72 Å². The number of sulfonamides is 1. The van der Waals surface area contributed by atoms with E-state index in [0.29, 0.717) is 30.6 Å². The number of halogens is 1. The summed E-state index contributed by atoms with van der Waals surface area (Å²) >= 11 is 6.08. The number of ether oxygens (including phenoxy) is 2. The molecule has 0 aromatic heterocycles. The summed E-state index contributed by atoms with van der Waals surface area (Å²) in [5.74, 6) is 1.39. The van der Waals surface area contributed by atoms with Crippen molar-refractivity contribution in [3.63, 3.8) is 0 Å². The molecular weight excluding hydrogens is 354 g/mol. The number of nitrogens with one attached hydrogen (secondary N) is 1. The molecule has 6 nitrogen and oxygen atoms in total. The standard InChI is InChI=1S/C16H18ClNO5S/c17-12-7-13-14(23-4-3-22-13)8-15(12)24(20,21)18-16(19)10-2-1-9-5-11(9)6-10/h7-11H,1-6H2,(H,18,19). The fourth-order valence-electron chi connectivity index (χ4n) is 3.61. The Morgan fingerprint density at radius 3 is 2.50 bits per heavy atom. The first-order valence-electron chi connectivity index (χ1n) is 8.10. The van der Waals surface area contributed by atoms with Gasteiger partial charge < -0.3 is 9.47 Å². The number of hydrogen-bond donors (Lipinski definition) is 1. The summed E-state index contributed by atoms with van der Waals surface area (Å²) in [5, 5.41) is 0.00505. The topological polar surface area (TPSA) is 81.7 Å². The highest BCUT2D eigenvalue weighted by molar-refractivity contribution is 7.90. The summed E-state index contributed by atoms with van der Waals surface area (Å²) in [5.41, 5.74) is 0. The average Bonchev–Trinajstić information content (AvgIpc) is 3.32. The summed E-state index contributed by atoms with van der Waals surface area (Å²) in [6.45, 7) is 0.723. The number of carbonyl (C=O) groups is 1. The molecular formula is C16H18ClNO5S. The largest absolute Gasteiger partial charge is 0.486 e. The fourth-order valence-corrected chi connectivity index (χ4v) is 5.19. The molecule has 1 aliphatic heterocycles. The number of benzene rings is 1. The Balaban J connectivity index is 1.54. The predicted octanol–water partition coefficient (Wildman–Crippen LogP) is 2.35. The number of hydrogen-bond acceptors (Lipinski definition) is 5. The van der Waals surface area contributed by atoms with Gasteiger partial charge in [0.05, 0.1) is 5.02 Å². The second-order valence-corrected chi connectivity index (χ2v) is 8.72. The third-order valence-corrected chi connectivity index (χ3v) is 6.85. The fraction of sp³-hybridized carbons (Fsp3) is 0.562. The van der Waals surface area contributed by atoms with Crippen LogP contribution >= 0.6 is 11.6 Å². The average molecular weight is 372 g/mol. The molecule has 1 aromatic carbocycles. The first-order valence-corrected chi connectivity index (χ1v) is 9.96. The van der Waals surface area contributed by atoms with Gasteiger partial charge in [-0.2, -0.15) is 0 Å². The number of amides is 1. The van der Waals surface area contributed by atoms with Crippen LogP contribution in [-0.4, -0.2) is 27.5 Å². The van der Waals surface area contributed by atoms with Crippen LogP contribution in [0.15, 0.2) is 17.0 Å². The van der Waals surface area contributed by atoms with Gasteiger partial charge in [0.25, 0.3) is 10.0 Å². The Morgan fingerprint density at radius 1 is 1.08 bits per heavy atom. The van der Waals surface area contributed by atoms with Crippen LogP contribution in [0.2, 0.25) is 5.02 Å². The molecule has 3 unspecified atom stereocenters. The molecule has 1 N–H and O–H groups in total. The minimum absolute atomic E-state index is 0.00505. The predicted molar refractivity (Wildman–Crippen MR) is 86.7 cm³/mol. The molecule has 3 atom stereocenters. The molecule has 0 saturated heterocycles. The van der Waals surface area contributed by atoms with Gasteiger partial charge in [-0.05, 0) is 37.5 Å². The number of carbonyl (C=O) groups excluding carboxylic acids is 1. The lowest BCUT2D eigenvalue weighted by Gasteiger charge is -2.22. The number of rotatable bonds is 3. The van der Waals surface area contributed by atoms with Gasteiger partial charge in [0.2, 0.25) is 5.91 Å². The van der Waals surface area contributed by atoms with Gasteiger partial charge >= 0.3 is 0 Å². The highest BCUT2D eigenvalue weighted by Crippen LogP contribution is 2.51. The third-order valence-electron chi connectivity index (χ3n) is 5.03. The van der Waals surface area contributed by atoms with E-state index in [9.17, 15) is 13.2 Å². The Bertz CT molecular complexity index is 794. The van der Waals surface area contributed by atoms with Crippen LogP contribution in [0.1, 0.15) is 25.7 Å². The molecule has 4 rings (SSSR count). The van der Waals surface area contributed by atoms with E-state index in [1.54, 1.807) is 0 Å². The van der Waals surface area contributed by atoms with Gasteiger partial charge in [0, 0.05) is 18.1 Å². The van der Waals surface area contributed by atoms with E-state index in [0.717, 1.165) is 25.2 Å². The maximum atomic E-state index is 12.6. The van der Waals surface area contributed by atoms with Crippen LogP contribution in [0.25, 0.3) is 0 Å². The lowest BCUT2D eigenvalue weighted by molar-refractivity contribution is -0.124. The van der Waals surface area contributed by atoms with Crippen molar-refractivity contribution in [3.8, 4) is 11.5 Å². The Morgan fingerprint density at radius 2 is 1.79 bits per heavy atom. The second-order valence-electron chi connectivity index (χ2n) is 6.66. The van der Waals surface area contributed by atoms with Crippen molar-refractivity contribution in [2.75, 3.05) is 13.2 Å². The van der Waals surface area contributed by atoms with Crippen molar-refractivity contribution in [3.05, 3.63) is 17.2 Å². The molecule has 1 aromatic rings. The van der Waals surface area contributed by atoms with Gasteiger partial charge in [-0.15, -0.1) is 0 Å². The van der Waals surface area contributed by atoms with Crippen LogP contribution in [-0.2, 0) is 14.8 Å². The van der Waals surface area contributed by atoms with Crippen LogP contribution < -0.4 is 14.2 Å². The van der Waals surface area contributed by atoms with Crippen molar-refractivity contribution < 1.29 is 22.7 Å². The lowest BCUT2D eigenvalue weighted by Crippen LogP contribution is -2.37. The quantitative estimate of drug-likeness (QED) is 0.882. The molecule has 0 bridgehead atoms. The molecule has 0 spiro atoms. The van der Waals surface area contributed by atoms with E-state index in [2.05, 4.69) is 4.72 Å². The summed E-state index contributed by atoms with van der Waals surface area (Å²) in [4.78, 5) is 12.2. The Hall–Kier alpha value is -1.47. The van der Waals surface area contributed by atoms with E-state index in [1.165, 1.54) is 18.6 Å². The molecule has 0 radical (unpaired) electrons. The van der Waals surface area contributed by atoms with E-state index in [4.69, 9.17) is 21.1 Å². The van der Waals surface area contributed by atoms with Crippen LogP contribution in [0.3, 0.4) is 0 Å². The monoisotopic (exact) mass is 371 g/mol. The minimum atomic E-state index is -4.04. The van der Waals surface area contributed by atoms with Crippen LogP contribution in [0.5, 0.6) is 11.5 Å². The van der Waals surface area contributed by atoms with Crippen molar-refractivity contribution >= 4 is 27.5 Å². The van der Waals surface area contributed by atoms with Crippen molar-refractivity contribution in [2.24, 2.45) is 17.8 Å². The van der Waals surface area contributed by atoms with Crippen molar-refractivity contribution in [1.29, 1.82) is 0 Å². The maximum Gasteiger partial charge on any atom is 0.265 e. The van der Waals surface area contributed by atoms with E-state index in [1.807, 2.05) is 0 Å². The molecule has 1 heterocycles. The molecule has 3 aliphatic rings. The molecule has 2 aliphatic carbocycles. The Kier molecular flexibility index (Phi) is 3.88. The molecule has 2 fully saturated rings. The highest BCUT2D eigenvalue weighted by Gasteiger charge is 2.44. The van der Waals surface area contributed by atoms with E-state index < -0.39 is 15.9 Å². The van der Waals surface area contributed by atoms with Gasteiger partial charge in [-0.25, -0.2) is 13.1 Å². The van der Waals surface area contributed by atoms with Gasteiger partial charge in [0.1, 0.15) is 18.1 Å². The molecule has 1 amide bonds. The van der Waals surface area contributed by atoms with Crippen LogP contribution in [0, 0.1) is 17.8 Å². The summed E-state index contributed by atoms with van der Waals surface area (Å²) in [6, 6.07) is 2.72. The molecule has 24 heavy (non-hydrogen) atoms. The first-order chi connectivity index (χ1) is 11.4. The SMILES string of the molecule is O=C(NS(=O)(=O)c1cc2c(cc1Cl)OCCO2)C1CCC2CC2C1. The maximum absolute atomic E-state index is 12.6. The third kappa shape index (κ3) is 2.95. The highest BCUT2D eigenvalue weighted by atomic mass is 35.5. The minimum Gasteiger partial charge on any atom is -0.486 e. The molecule has 2 saturated carbocycles. The summed E-state index contributed by atoms with van der Waals surface area (Å²) in [6.07, 6.45) is 3.70. The Labute approximate surface area is 145 Å².